The summed E-state index contributed by atoms with van der Waals surface area (Å²) in [5.41, 5.74) is 8.33. The highest BCUT2D eigenvalue weighted by Crippen LogP contribution is 2.48. The van der Waals surface area contributed by atoms with E-state index in [0.29, 0.717) is 6.54 Å². The number of nitrogens with two attached hydrogens (primary N) is 1. The van der Waals surface area contributed by atoms with E-state index < -0.39 is 0 Å². The van der Waals surface area contributed by atoms with E-state index >= 15 is 0 Å². The molecule has 0 amide bonds. The van der Waals surface area contributed by atoms with Crippen molar-refractivity contribution in [3.63, 3.8) is 0 Å². The fourth-order valence-electron chi connectivity index (χ4n) is 1.60. The Morgan fingerprint density at radius 2 is 2.31 bits per heavy atom. The van der Waals surface area contributed by atoms with Crippen LogP contribution in [0.3, 0.4) is 0 Å². The molecule has 2 N–H and O–H groups in total. The van der Waals surface area contributed by atoms with Gasteiger partial charge in [-0.15, -0.1) is 0 Å². The lowest BCUT2D eigenvalue weighted by molar-refractivity contribution is 0.673. The number of hydrogen-bond acceptors (Lipinski definition) is 2. The van der Waals surface area contributed by atoms with Gasteiger partial charge in [-0.25, -0.2) is 0 Å². The molecule has 2 nitrogen and oxygen atoms in total. The number of halogens is 1. The van der Waals surface area contributed by atoms with Crippen molar-refractivity contribution >= 4 is 15.9 Å². The molecule has 0 saturated heterocycles. The van der Waals surface area contributed by atoms with E-state index in [-0.39, 0.29) is 5.41 Å². The van der Waals surface area contributed by atoms with E-state index in [1.807, 2.05) is 12.3 Å². The van der Waals surface area contributed by atoms with Gasteiger partial charge in [-0.1, -0.05) is 0 Å². The van der Waals surface area contributed by atoms with Gasteiger partial charge in [-0.2, -0.15) is 0 Å². The van der Waals surface area contributed by atoms with Crippen molar-refractivity contribution in [1.82, 2.24) is 4.98 Å². The molecule has 0 unspecified atom stereocenters. The average molecular weight is 241 g/mol. The van der Waals surface area contributed by atoms with Gasteiger partial charge < -0.3 is 5.73 Å². The monoisotopic (exact) mass is 240 g/mol. The summed E-state index contributed by atoms with van der Waals surface area (Å²) < 4.78 is 1.14. The van der Waals surface area contributed by atoms with Gasteiger partial charge in [0.05, 0.1) is 5.69 Å². The maximum Gasteiger partial charge on any atom is 0.0622 e. The molecule has 1 saturated carbocycles. The van der Waals surface area contributed by atoms with Crippen LogP contribution in [0.5, 0.6) is 0 Å². The van der Waals surface area contributed by atoms with Gasteiger partial charge in [0.15, 0.2) is 0 Å². The number of rotatable bonds is 2. The fraction of sp³-hybridized carbons (Fsp3) is 0.500. The summed E-state index contributed by atoms with van der Waals surface area (Å²) >= 11 is 3.58. The molecule has 1 aromatic heterocycles. The summed E-state index contributed by atoms with van der Waals surface area (Å²) in [5.74, 6) is 0. The van der Waals surface area contributed by atoms with Crippen LogP contribution < -0.4 is 5.73 Å². The molecule has 1 aromatic rings. The zero-order valence-electron chi connectivity index (χ0n) is 7.68. The molecule has 70 valence electrons. The Labute approximate surface area is 86.7 Å². The number of aromatic nitrogens is 1. The summed E-state index contributed by atoms with van der Waals surface area (Å²) in [6.07, 6.45) is 4.22. The minimum absolute atomic E-state index is 0.185. The first-order valence-corrected chi connectivity index (χ1v) is 5.30. The van der Waals surface area contributed by atoms with Crippen LogP contribution in [-0.2, 0) is 5.41 Å². The van der Waals surface area contributed by atoms with Crippen molar-refractivity contribution < 1.29 is 0 Å². The molecule has 0 radical (unpaired) electrons. The Morgan fingerprint density at radius 1 is 1.62 bits per heavy atom. The third kappa shape index (κ3) is 1.40. The quantitative estimate of drug-likeness (QED) is 0.861. The number of pyridine rings is 1. The molecule has 3 heteroatoms. The van der Waals surface area contributed by atoms with Gasteiger partial charge in [0.1, 0.15) is 0 Å². The number of nitrogens with zero attached hydrogens (tertiary/aromatic N) is 1. The molecule has 0 aromatic carbocycles. The first-order valence-electron chi connectivity index (χ1n) is 4.51. The Balaban J connectivity index is 2.46. The summed E-state index contributed by atoms with van der Waals surface area (Å²) in [4.78, 5) is 4.42. The standard InChI is InChI=1S/C10H13BrN2/c1-7-2-5-13-9(8(7)11)10(6-12)3-4-10/h2,5H,3-4,6,12H2,1H3. The van der Waals surface area contributed by atoms with Gasteiger partial charge in [0.2, 0.25) is 0 Å². The predicted octanol–water partition coefficient (Wildman–Crippen LogP) is 2.14. The van der Waals surface area contributed by atoms with Crippen LogP contribution >= 0.6 is 15.9 Å². The molecule has 13 heavy (non-hydrogen) atoms. The normalized spacial score (nSPS) is 18.7. The second-order valence-electron chi connectivity index (χ2n) is 3.77. The summed E-state index contributed by atoms with van der Waals surface area (Å²) in [6, 6.07) is 2.01. The molecule has 0 bridgehead atoms. The Morgan fingerprint density at radius 3 is 2.85 bits per heavy atom. The maximum atomic E-state index is 5.76. The summed E-state index contributed by atoms with van der Waals surface area (Å²) in [6.45, 7) is 2.80. The van der Waals surface area contributed by atoms with E-state index in [9.17, 15) is 0 Å². The summed E-state index contributed by atoms with van der Waals surface area (Å²) in [7, 11) is 0. The van der Waals surface area contributed by atoms with Crippen LogP contribution in [0.1, 0.15) is 24.1 Å². The van der Waals surface area contributed by atoms with Crippen molar-refractivity contribution in [2.24, 2.45) is 5.73 Å². The van der Waals surface area contributed by atoms with Gasteiger partial charge in [-0.05, 0) is 47.3 Å². The smallest absolute Gasteiger partial charge is 0.0622 e. The fourth-order valence-corrected chi connectivity index (χ4v) is 2.25. The highest BCUT2D eigenvalue weighted by Gasteiger charge is 2.45. The van der Waals surface area contributed by atoms with Gasteiger partial charge in [0, 0.05) is 22.6 Å². The SMILES string of the molecule is Cc1ccnc(C2(CN)CC2)c1Br. The minimum atomic E-state index is 0.185. The number of hydrogen-bond donors (Lipinski definition) is 1. The third-order valence-electron chi connectivity index (χ3n) is 2.83. The van der Waals surface area contributed by atoms with Crippen molar-refractivity contribution in [3.05, 3.63) is 28.0 Å². The van der Waals surface area contributed by atoms with Crippen molar-refractivity contribution in [1.29, 1.82) is 0 Å². The van der Waals surface area contributed by atoms with Crippen LogP contribution in [-0.4, -0.2) is 11.5 Å². The second kappa shape index (κ2) is 3.07. The number of aryl methyl sites for hydroxylation is 1. The molecule has 0 atom stereocenters. The highest BCUT2D eigenvalue weighted by molar-refractivity contribution is 9.10. The minimum Gasteiger partial charge on any atom is -0.330 e. The van der Waals surface area contributed by atoms with Crippen molar-refractivity contribution in [3.8, 4) is 0 Å². The van der Waals surface area contributed by atoms with Crippen LogP contribution in [0.4, 0.5) is 0 Å². The van der Waals surface area contributed by atoms with E-state index in [2.05, 4.69) is 27.8 Å². The highest BCUT2D eigenvalue weighted by atomic mass is 79.9. The molecule has 1 aliphatic rings. The first-order chi connectivity index (χ1) is 6.19. The van der Waals surface area contributed by atoms with Crippen LogP contribution in [0.2, 0.25) is 0 Å². The zero-order valence-corrected chi connectivity index (χ0v) is 9.26. The van der Waals surface area contributed by atoms with Crippen LogP contribution in [0.25, 0.3) is 0 Å². The topological polar surface area (TPSA) is 38.9 Å². The van der Waals surface area contributed by atoms with E-state index in [1.54, 1.807) is 0 Å². The van der Waals surface area contributed by atoms with Gasteiger partial charge in [0.25, 0.3) is 0 Å². The Kier molecular flexibility index (Phi) is 2.16. The average Bonchev–Trinajstić information content (AvgIpc) is 2.90. The largest absolute Gasteiger partial charge is 0.330 e. The lowest BCUT2D eigenvalue weighted by Crippen LogP contribution is -2.21. The molecule has 0 aliphatic heterocycles. The lowest BCUT2D eigenvalue weighted by atomic mass is 10.0. The van der Waals surface area contributed by atoms with Gasteiger partial charge in [-0.3, -0.25) is 4.98 Å². The molecular formula is C10H13BrN2. The van der Waals surface area contributed by atoms with E-state index in [0.717, 1.165) is 10.2 Å². The van der Waals surface area contributed by atoms with E-state index in [1.165, 1.54) is 18.4 Å². The molecule has 1 heterocycles. The first kappa shape index (κ1) is 9.16. The van der Waals surface area contributed by atoms with E-state index in [4.69, 9.17) is 5.73 Å². The van der Waals surface area contributed by atoms with Crippen LogP contribution in [0.15, 0.2) is 16.7 Å². The molecule has 2 rings (SSSR count). The maximum absolute atomic E-state index is 5.76. The molecule has 1 aliphatic carbocycles. The molecule has 1 fully saturated rings. The van der Waals surface area contributed by atoms with Crippen molar-refractivity contribution in [2.45, 2.75) is 25.2 Å². The Bertz CT molecular complexity index is 332. The second-order valence-corrected chi connectivity index (χ2v) is 4.57. The zero-order chi connectivity index (χ0) is 9.47. The van der Waals surface area contributed by atoms with Gasteiger partial charge >= 0.3 is 0 Å². The molecule has 0 spiro atoms. The third-order valence-corrected chi connectivity index (χ3v) is 3.83. The predicted molar refractivity (Wildman–Crippen MR) is 56.6 cm³/mol. The van der Waals surface area contributed by atoms with Crippen LogP contribution in [0, 0.1) is 6.92 Å². The summed E-state index contributed by atoms with van der Waals surface area (Å²) in [5, 5.41) is 0. The van der Waals surface area contributed by atoms with Crippen molar-refractivity contribution in [2.75, 3.05) is 6.54 Å². The Hall–Kier alpha value is -0.410. The lowest BCUT2D eigenvalue weighted by Gasteiger charge is -2.14. The molecular weight excluding hydrogens is 228 g/mol.